The molecule has 0 saturated carbocycles. The van der Waals surface area contributed by atoms with Crippen LogP contribution in [-0.4, -0.2) is 12.5 Å². The van der Waals surface area contributed by atoms with Gasteiger partial charge in [-0.05, 0) is 36.3 Å². The van der Waals surface area contributed by atoms with Crippen LogP contribution in [-0.2, 0) is 11.2 Å². The van der Waals surface area contributed by atoms with Gasteiger partial charge in [0, 0.05) is 13.0 Å². The molecule has 1 N–H and O–H groups in total. The third kappa shape index (κ3) is 3.09. The predicted octanol–water partition coefficient (Wildman–Crippen LogP) is 3.02. The maximum absolute atomic E-state index is 11.8. The fourth-order valence-electron chi connectivity index (χ4n) is 2.56. The van der Waals surface area contributed by atoms with Gasteiger partial charge in [-0.15, -0.1) is 0 Å². The first-order chi connectivity index (χ1) is 8.31. The van der Waals surface area contributed by atoms with Crippen LogP contribution in [0.2, 0.25) is 0 Å². The topological polar surface area (TPSA) is 29.1 Å². The average Bonchev–Trinajstić information content (AvgIpc) is 2.73. The van der Waals surface area contributed by atoms with Crippen molar-refractivity contribution >= 4 is 5.91 Å². The van der Waals surface area contributed by atoms with E-state index in [0.29, 0.717) is 12.3 Å². The molecule has 0 bridgehead atoms. The zero-order valence-corrected chi connectivity index (χ0v) is 10.5. The van der Waals surface area contributed by atoms with Crippen LogP contribution in [0, 0.1) is 0 Å². The van der Waals surface area contributed by atoms with Crippen molar-refractivity contribution in [1.29, 1.82) is 0 Å². The summed E-state index contributed by atoms with van der Waals surface area (Å²) in [7, 11) is 0. The second kappa shape index (κ2) is 5.85. The molecule has 0 fully saturated rings. The normalized spacial score (nSPS) is 17.8. The quantitative estimate of drug-likeness (QED) is 0.775. The van der Waals surface area contributed by atoms with E-state index < -0.39 is 0 Å². The van der Waals surface area contributed by atoms with Gasteiger partial charge >= 0.3 is 0 Å². The Morgan fingerprint density at radius 1 is 1.41 bits per heavy atom. The van der Waals surface area contributed by atoms with Crippen molar-refractivity contribution in [3.63, 3.8) is 0 Å². The minimum atomic E-state index is 0.208. The number of carbonyl (C=O) groups excluding carboxylic acids is 1. The number of rotatable bonds is 5. The van der Waals surface area contributed by atoms with Gasteiger partial charge < -0.3 is 5.32 Å². The van der Waals surface area contributed by atoms with E-state index in [1.807, 2.05) is 0 Å². The largest absolute Gasteiger partial charge is 0.356 e. The molecule has 17 heavy (non-hydrogen) atoms. The molecule has 1 amide bonds. The summed E-state index contributed by atoms with van der Waals surface area (Å²) in [5, 5.41) is 3.00. The summed E-state index contributed by atoms with van der Waals surface area (Å²) in [4.78, 5) is 11.8. The standard InChI is InChI=1S/C15H21NO/c1-2-3-10-16-15(17)11-13-9-8-12-6-4-5-7-14(12)13/h4-7,13H,2-3,8-11H2,1H3,(H,16,17)/t13-/m1/s1. The third-order valence-electron chi connectivity index (χ3n) is 3.54. The molecule has 1 aliphatic carbocycles. The Hall–Kier alpha value is -1.31. The summed E-state index contributed by atoms with van der Waals surface area (Å²) >= 11 is 0. The molecule has 2 nitrogen and oxygen atoms in total. The lowest BCUT2D eigenvalue weighted by Crippen LogP contribution is -2.25. The van der Waals surface area contributed by atoms with E-state index in [0.717, 1.165) is 32.2 Å². The number of aryl methyl sites for hydroxylation is 1. The summed E-state index contributed by atoms with van der Waals surface area (Å²) in [6.07, 6.45) is 5.11. The Labute approximate surface area is 103 Å². The number of benzene rings is 1. The number of hydrogen-bond acceptors (Lipinski definition) is 1. The lowest BCUT2D eigenvalue weighted by Gasteiger charge is -2.11. The second-order valence-corrected chi connectivity index (χ2v) is 4.84. The van der Waals surface area contributed by atoms with Gasteiger partial charge in [0.05, 0.1) is 0 Å². The molecule has 1 aromatic carbocycles. The Morgan fingerprint density at radius 3 is 3.06 bits per heavy atom. The molecule has 0 radical (unpaired) electrons. The lowest BCUT2D eigenvalue weighted by molar-refractivity contribution is -0.121. The maximum atomic E-state index is 11.8. The van der Waals surface area contributed by atoms with Crippen molar-refractivity contribution < 1.29 is 4.79 Å². The van der Waals surface area contributed by atoms with Crippen LogP contribution in [0.3, 0.4) is 0 Å². The highest BCUT2D eigenvalue weighted by atomic mass is 16.1. The zero-order chi connectivity index (χ0) is 12.1. The SMILES string of the molecule is CCCCNC(=O)C[C@H]1CCc2ccccc21. The van der Waals surface area contributed by atoms with Crippen molar-refractivity contribution in [2.24, 2.45) is 0 Å². The number of unbranched alkanes of at least 4 members (excludes halogenated alkanes) is 1. The first-order valence-corrected chi connectivity index (χ1v) is 6.65. The van der Waals surface area contributed by atoms with Crippen LogP contribution >= 0.6 is 0 Å². The Morgan fingerprint density at radius 2 is 2.24 bits per heavy atom. The number of amides is 1. The molecular formula is C15H21NO. The fraction of sp³-hybridized carbons (Fsp3) is 0.533. The Kier molecular flexibility index (Phi) is 4.18. The van der Waals surface area contributed by atoms with Crippen molar-refractivity contribution in [3.05, 3.63) is 35.4 Å². The van der Waals surface area contributed by atoms with Crippen molar-refractivity contribution in [1.82, 2.24) is 5.32 Å². The van der Waals surface area contributed by atoms with Gasteiger partial charge in [0.2, 0.25) is 5.91 Å². The number of hydrogen-bond donors (Lipinski definition) is 1. The smallest absolute Gasteiger partial charge is 0.220 e. The van der Waals surface area contributed by atoms with Crippen LogP contribution < -0.4 is 5.32 Å². The van der Waals surface area contributed by atoms with Crippen molar-refractivity contribution in [2.45, 2.75) is 44.9 Å². The predicted molar refractivity (Wildman–Crippen MR) is 70.0 cm³/mol. The molecule has 0 saturated heterocycles. The van der Waals surface area contributed by atoms with E-state index in [1.54, 1.807) is 0 Å². The molecule has 0 aliphatic heterocycles. The van der Waals surface area contributed by atoms with E-state index in [2.05, 4.69) is 36.5 Å². The first-order valence-electron chi connectivity index (χ1n) is 6.65. The molecule has 0 heterocycles. The highest BCUT2D eigenvalue weighted by Gasteiger charge is 2.23. The highest BCUT2D eigenvalue weighted by molar-refractivity contribution is 5.77. The summed E-state index contributed by atoms with van der Waals surface area (Å²) in [6, 6.07) is 8.52. The van der Waals surface area contributed by atoms with Crippen LogP contribution in [0.15, 0.2) is 24.3 Å². The molecular weight excluding hydrogens is 210 g/mol. The third-order valence-corrected chi connectivity index (χ3v) is 3.54. The van der Waals surface area contributed by atoms with Crippen LogP contribution in [0.5, 0.6) is 0 Å². The molecule has 1 atom stereocenters. The van der Waals surface area contributed by atoms with Gasteiger partial charge in [0.15, 0.2) is 0 Å². The molecule has 1 aromatic rings. The maximum Gasteiger partial charge on any atom is 0.220 e. The Balaban J connectivity index is 1.87. The number of carbonyl (C=O) groups is 1. The molecule has 0 unspecified atom stereocenters. The van der Waals surface area contributed by atoms with E-state index in [-0.39, 0.29) is 5.91 Å². The van der Waals surface area contributed by atoms with Crippen molar-refractivity contribution in [3.8, 4) is 0 Å². The minimum absolute atomic E-state index is 0.208. The van der Waals surface area contributed by atoms with Crippen LogP contribution in [0.4, 0.5) is 0 Å². The van der Waals surface area contributed by atoms with Crippen molar-refractivity contribution in [2.75, 3.05) is 6.54 Å². The molecule has 0 aromatic heterocycles. The van der Waals surface area contributed by atoms with Gasteiger partial charge in [-0.25, -0.2) is 0 Å². The summed E-state index contributed by atoms with van der Waals surface area (Å²) in [6.45, 7) is 2.96. The molecule has 2 rings (SSSR count). The summed E-state index contributed by atoms with van der Waals surface area (Å²) in [5.41, 5.74) is 2.82. The van der Waals surface area contributed by atoms with Gasteiger partial charge in [0.25, 0.3) is 0 Å². The van der Waals surface area contributed by atoms with E-state index in [9.17, 15) is 4.79 Å². The van der Waals surface area contributed by atoms with Gasteiger partial charge in [-0.1, -0.05) is 37.6 Å². The fourth-order valence-corrected chi connectivity index (χ4v) is 2.56. The average molecular weight is 231 g/mol. The molecule has 2 heteroatoms. The van der Waals surface area contributed by atoms with E-state index >= 15 is 0 Å². The van der Waals surface area contributed by atoms with Crippen LogP contribution in [0.1, 0.15) is 49.7 Å². The van der Waals surface area contributed by atoms with E-state index in [1.165, 1.54) is 11.1 Å². The van der Waals surface area contributed by atoms with Gasteiger partial charge in [-0.2, -0.15) is 0 Å². The second-order valence-electron chi connectivity index (χ2n) is 4.84. The molecule has 1 aliphatic rings. The van der Waals surface area contributed by atoms with Gasteiger partial charge in [-0.3, -0.25) is 4.79 Å². The highest BCUT2D eigenvalue weighted by Crippen LogP contribution is 2.34. The lowest BCUT2D eigenvalue weighted by atomic mass is 9.97. The molecule has 0 spiro atoms. The Bertz CT molecular complexity index is 386. The minimum Gasteiger partial charge on any atom is -0.356 e. The first kappa shape index (κ1) is 12.2. The summed E-state index contributed by atoms with van der Waals surface area (Å²) in [5.74, 6) is 0.646. The molecule has 92 valence electrons. The number of nitrogens with one attached hydrogen (secondary N) is 1. The zero-order valence-electron chi connectivity index (χ0n) is 10.5. The monoisotopic (exact) mass is 231 g/mol. The summed E-state index contributed by atoms with van der Waals surface area (Å²) < 4.78 is 0. The number of fused-ring (bicyclic) bond motifs is 1. The van der Waals surface area contributed by atoms with E-state index in [4.69, 9.17) is 0 Å². The van der Waals surface area contributed by atoms with Gasteiger partial charge in [0.1, 0.15) is 0 Å². The van der Waals surface area contributed by atoms with Crippen LogP contribution in [0.25, 0.3) is 0 Å².